The van der Waals surface area contributed by atoms with E-state index in [0.717, 1.165) is 34.6 Å². The molecule has 3 rings (SSSR count). The summed E-state index contributed by atoms with van der Waals surface area (Å²) in [6.07, 6.45) is 0.414. The van der Waals surface area contributed by atoms with E-state index in [-0.39, 0.29) is 11.1 Å². The number of carbonyl (C=O) groups excluding carboxylic acids is 4. The van der Waals surface area contributed by atoms with Gasteiger partial charge in [0, 0.05) is 5.69 Å². The molecule has 1 heterocycles. The molecular formula is C23H24N2O5. The normalized spacial score (nSPS) is 13.8. The highest BCUT2D eigenvalue weighted by Gasteiger charge is 2.37. The van der Waals surface area contributed by atoms with Gasteiger partial charge < -0.3 is 10.1 Å². The Bertz CT molecular complexity index is 957. The van der Waals surface area contributed by atoms with E-state index in [1.54, 1.807) is 12.1 Å². The SMILES string of the molecule is CCc1cccc(CC)c1NC(=O)[C@@H](C)OC(=O)CN1C(=O)c2ccccc2C1=O. The number of fused-ring (bicyclic) bond motifs is 1. The average molecular weight is 408 g/mol. The molecule has 1 aliphatic heterocycles. The summed E-state index contributed by atoms with van der Waals surface area (Å²) in [6.45, 7) is 4.90. The van der Waals surface area contributed by atoms with Gasteiger partial charge in [-0.3, -0.25) is 24.1 Å². The fraction of sp³-hybridized carbons (Fsp3) is 0.304. The van der Waals surface area contributed by atoms with Gasteiger partial charge in [0.1, 0.15) is 6.54 Å². The van der Waals surface area contributed by atoms with Gasteiger partial charge in [-0.1, -0.05) is 44.2 Å². The third-order valence-corrected chi connectivity index (χ3v) is 5.09. The quantitative estimate of drug-likeness (QED) is 0.562. The highest BCUT2D eigenvalue weighted by molar-refractivity contribution is 6.22. The number of esters is 1. The predicted octanol–water partition coefficient (Wildman–Crippen LogP) is 2.98. The molecule has 0 saturated heterocycles. The van der Waals surface area contributed by atoms with Crippen molar-refractivity contribution >= 4 is 29.4 Å². The largest absolute Gasteiger partial charge is 0.451 e. The number of nitrogens with one attached hydrogen (secondary N) is 1. The Kier molecular flexibility index (Phi) is 6.30. The fourth-order valence-corrected chi connectivity index (χ4v) is 3.43. The Labute approximate surface area is 175 Å². The molecule has 3 amide bonds. The number of benzene rings is 2. The Morgan fingerprint density at radius 1 is 0.933 bits per heavy atom. The second-order valence-corrected chi connectivity index (χ2v) is 7.02. The van der Waals surface area contributed by atoms with E-state index in [2.05, 4.69) is 5.32 Å². The Morgan fingerprint density at radius 3 is 1.97 bits per heavy atom. The van der Waals surface area contributed by atoms with Crippen LogP contribution in [0.5, 0.6) is 0 Å². The van der Waals surface area contributed by atoms with Crippen LogP contribution in [0.4, 0.5) is 5.69 Å². The number of aryl methyl sites for hydroxylation is 2. The molecular weight excluding hydrogens is 384 g/mol. The number of hydrogen-bond acceptors (Lipinski definition) is 5. The van der Waals surface area contributed by atoms with Crippen molar-refractivity contribution in [3.8, 4) is 0 Å². The minimum Gasteiger partial charge on any atom is -0.451 e. The lowest BCUT2D eigenvalue weighted by molar-refractivity contribution is -0.153. The van der Waals surface area contributed by atoms with Crippen molar-refractivity contribution in [1.29, 1.82) is 0 Å². The monoisotopic (exact) mass is 408 g/mol. The van der Waals surface area contributed by atoms with Crippen molar-refractivity contribution in [3.05, 3.63) is 64.7 Å². The summed E-state index contributed by atoms with van der Waals surface area (Å²) in [6, 6.07) is 12.2. The molecule has 7 nitrogen and oxygen atoms in total. The fourth-order valence-electron chi connectivity index (χ4n) is 3.43. The van der Waals surface area contributed by atoms with Crippen molar-refractivity contribution in [2.45, 2.75) is 39.7 Å². The number of imide groups is 1. The summed E-state index contributed by atoms with van der Waals surface area (Å²) >= 11 is 0. The van der Waals surface area contributed by atoms with Gasteiger partial charge >= 0.3 is 5.97 Å². The number of anilines is 1. The van der Waals surface area contributed by atoms with Gasteiger partial charge in [-0.2, -0.15) is 0 Å². The highest BCUT2D eigenvalue weighted by atomic mass is 16.5. The van der Waals surface area contributed by atoms with E-state index in [4.69, 9.17) is 4.74 Å². The van der Waals surface area contributed by atoms with Crippen LogP contribution >= 0.6 is 0 Å². The third kappa shape index (κ3) is 4.10. The van der Waals surface area contributed by atoms with Crippen LogP contribution in [0.1, 0.15) is 52.6 Å². The van der Waals surface area contributed by atoms with Crippen LogP contribution in [0.3, 0.4) is 0 Å². The second-order valence-electron chi connectivity index (χ2n) is 7.02. The van der Waals surface area contributed by atoms with Crippen LogP contribution in [0.2, 0.25) is 0 Å². The first-order valence-electron chi connectivity index (χ1n) is 9.93. The highest BCUT2D eigenvalue weighted by Crippen LogP contribution is 2.24. The first kappa shape index (κ1) is 21.2. The number of amides is 3. The maximum atomic E-state index is 12.6. The van der Waals surface area contributed by atoms with Gasteiger partial charge in [0.15, 0.2) is 6.10 Å². The van der Waals surface area contributed by atoms with Gasteiger partial charge in [-0.25, -0.2) is 0 Å². The van der Waals surface area contributed by atoms with Gasteiger partial charge in [0.2, 0.25) is 0 Å². The molecule has 1 N–H and O–H groups in total. The van der Waals surface area contributed by atoms with Crippen LogP contribution in [0.15, 0.2) is 42.5 Å². The summed E-state index contributed by atoms with van der Waals surface area (Å²) < 4.78 is 5.19. The van der Waals surface area contributed by atoms with Gasteiger partial charge in [0.05, 0.1) is 11.1 Å². The van der Waals surface area contributed by atoms with Crippen LogP contribution in [0, 0.1) is 0 Å². The van der Waals surface area contributed by atoms with Gasteiger partial charge in [-0.05, 0) is 43.0 Å². The number of rotatable bonds is 7. The predicted molar refractivity (Wildman–Crippen MR) is 111 cm³/mol. The minimum atomic E-state index is -1.08. The van der Waals surface area contributed by atoms with Crippen LogP contribution in [-0.2, 0) is 27.2 Å². The first-order valence-corrected chi connectivity index (χ1v) is 9.93. The molecule has 2 aromatic rings. The van der Waals surface area contributed by atoms with Gasteiger partial charge in [0.25, 0.3) is 17.7 Å². The molecule has 0 unspecified atom stereocenters. The van der Waals surface area contributed by atoms with E-state index in [0.29, 0.717) is 0 Å². The molecule has 0 saturated carbocycles. The molecule has 1 aliphatic rings. The van der Waals surface area contributed by atoms with Crippen LogP contribution < -0.4 is 5.32 Å². The number of ether oxygens (including phenoxy) is 1. The van der Waals surface area contributed by atoms with Crippen molar-refractivity contribution < 1.29 is 23.9 Å². The molecule has 0 spiro atoms. The maximum Gasteiger partial charge on any atom is 0.326 e. The zero-order valence-electron chi connectivity index (χ0n) is 17.2. The average Bonchev–Trinajstić information content (AvgIpc) is 2.98. The molecule has 7 heteroatoms. The minimum absolute atomic E-state index is 0.254. The molecule has 30 heavy (non-hydrogen) atoms. The number of carbonyl (C=O) groups is 4. The van der Waals surface area contributed by atoms with E-state index in [9.17, 15) is 19.2 Å². The van der Waals surface area contributed by atoms with Crippen molar-refractivity contribution in [2.75, 3.05) is 11.9 Å². The Balaban J connectivity index is 1.64. The summed E-state index contributed by atoms with van der Waals surface area (Å²) in [4.78, 5) is 50.5. The lowest BCUT2D eigenvalue weighted by Crippen LogP contribution is -2.38. The molecule has 0 aliphatic carbocycles. The van der Waals surface area contributed by atoms with Crippen LogP contribution in [-0.4, -0.2) is 41.2 Å². The standard InChI is InChI=1S/C23H24N2O5/c1-4-15-9-8-10-16(5-2)20(15)24-21(27)14(3)30-19(26)13-25-22(28)17-11-6-7-12-18(17)23(25)29/h6-12,14H,4-5,13H2,1-3H3,(H,24,27)/t14-/m1/s1. The smallest absolute Gasteiger partial charge is 0.326 e. The summed E-state index contributed by atoms with van der Waals surface area (Å²) in [5.41, 5.74) is 3.23. The molecule has 0 aromatic heterocycles. The molecule has 1 atom stereocenters. The molecule has 0 fully saturated rings. The third-order valence-electron chi connectivity index (χ3n) is 5.09. The second kappa shape index (κ2) is 8.90. The summed E-state index contributed by atoms with van der Waals surface area (Å²) in [5, 5.41) is 2.85. The Morgan fingerprint density at radius 2 is 1.47 bits per heavy atom. The van der Waals surface area contributed by atoms with E-state index in [1.807, 2.05) is 32.0 Å². The Hall–Kier alpha value is -3.48. The zero-order chi connectivity index (χ0) is 21.8. The van der Waals surface area contributed by atoms with Crippen molar-refractivity contribution in [1.82, 2.24) is 4.90 Å². The van der Waals surface area contributed by atoms with Gasteiger partial charge in [-0.15, -0.1) is 0 Å². The molecule has 0 bridgehead atoms. The number of para-hydroxylation sites is 1. The summed E-state index contributed by atoms with van der Waals surface area (Å²) in [7, 11) is 0. The van der Waals surface area contributed by atoms with Crippen molar-refractivity contribution in [3.63, 3.8) is 0 Å². The van der Waals surface area contributed by atoms with Crippen LogP contribution in [0.25, 0.3) is 0 Å². The molecule has 156 valence electrons. The lowest BCUT2D eigenvalue weighted by atomic mass is 10.0. The topological polar surface area (TPSA) is 92.8 Å². The molecule has 0 radical (unpaired) electrons. The first-order chi connectivity index (χ1) is 14.4. The van der Waals surface area contributed by atoms with E-state index >= 15 is 0 Å². The zero-order valence-corrected chi connectivity index (χ0v) is 17.2. The summed E-state index contributed by atoms with van der Waals surface area (Å²) in [5.74, 6) is -2.39. The van der Waals surface area contributed by atoms with E-state index in [1.165, 1.54) is 19.1 Å². The van der Waals surface area contributed by atoms with Crippen molar-refractivity contribution in [2.24, 2.45) is 0 Å². The number of hydrogen-bond donors (Lipinski definition) is 1. The van der Waals surface area contributed by atoms with E-state index < -0.39 is 36.3 Å². The number of nitrogens with zero attached hydrogens (tertiary/aromatic N) is 1. The molecule has 2 aromatic carbocycles. The lowest BCUT2D eigenvalue weighted by Gasteiger charge is -2.19. The maximum absolute atomic E-state index is 12.6.